The van der Waals surface area contributed by atoms with Crippen LogP contribution in [0, 0.1) is 0 Å². The topological polar surface area (TPSA) is 103 Å². The minimum absolute atomic E-state index is 0.0776. The molecule has 1 aliphatic rings. The van der Waals surface area contributed by atoms with Gasteiger partial charge in [-0.3, -0.25) is 24.1 Å². The molecule has 0 saturated heterocycles. The van der Waals surface area contributed by atoms with E-state index in [1.54, 1.807) is 23.1 Å². The third kappa shape index (κ3) is 3.70. The van der Waals surface area contributed by atoms with Crippen LogP contribution >= 0.6 is 11.6 Å². The van der Waals surface area contributed by atoms with Gasteiger partial charge in [0.05, 0.1) is 28.6 Å². The molecule has 0 fully saturated rings. The maximum absolute atomic E-state index is 13.2. The highest BCUT2D eigenvalue weighted by Gasteiger charge is 2.33. The summed E-state index contributed by atoms with van der Waals surface area (Å²) in [6.07, 6.45) is 0.681. The first-order chi connectivity index (χ1) is 14.8. The van der Waals surface area contributed by atoms with Crippen LogP contribution in [0.1, 0.15) is 50.2 Å². The van der Waals surface area contributed by atoms with Gasteiger partial charge in [-0.2, -0.15) is 0 Å². The number of fused-ring (bicyclic) bond motifs is 2. The second kappa shape index (κ2) is 7.96. The molecule has 3 amide bonds. The molecule has 2 aromatic carbocycles. The number of amides is 3. The summed E-state index contributed by atoms with van der Waals surface area (Å²) in [6, 6.07) is 9.29. The lowest BCUT2D eigenvalue weighted by Crippen LogP contribution is -2.33. The summed E-state index contributed by atoms with van der Waals surface area (Å²) in [5, 5.41) is 0.868. The Labute approximate surface area is 182 Å². The molecule has 2 heterocycles. The van der Waals surface area contributed by atoms with Crippen molar-refractivity contribution in [1.82, 2.24) is 19.8 Å². The van der Waals surface area contributed by atoms with Crippen molar-refractivity contribution in [3.63, 3.8) is 0 Å². The van der Waals surface area contributed by atoms with E-state index in [2.05, 4.69) is 9.97 Å². The molecule has 1 N–H and O–H groups in total. The number of halogens is 1. The van der Waals surface area contributed by atoms with Gasteiger partial charge in [-0.15, -0.1) is 0 Å². The summed E-state index contributed by atoms with van der Waals surface area (Å²) >= 11 is 6.02. The molecular weight excluding hydrogens is 420 g/mol. The number of benzene rings is 2. The SMILES string of the molecule is CCCN(Cc1nc2cc(Cl)ccc2c(=O)[nH]1)C(=O)c1ccc2c(c1)C(=O)N(C)C2=O. The second-order valence-electron chi connectivity index (χ2n) is 7.33. The molecule has 0 unspecified atom stereocenters. The lowest BCUT2D eigenvalue weighted by Gasteiger charge is -2.22. The van der Waals surface area contributed by atoms with Gasteiger partial charge >= 0.3 is 0 Å². The first-order valence-corrected chi connectivity index (χ1v) is 10.1. The number of imide groups is 1. The fraction of sp³-hybridized carbons (Fsp3) is 0.227. The van der Waals surface area contributed by atoms with Crippen LogP contribution in [0.3, 0.4) is 0 Å². The first-order valence-electron chi connectivity index (χ1n) is 9.74. The van der Waals surface area contributed by atoms with Gasteiger partial charge in [-0.1, -0.05) is 18.5 Å². The molecule has 0 atom stereocenters. The fourth-order valence-corrected chi connectivity index (χ4v) is 3.78. The van der Waals surface area contributed by atoms with Gasteiger partial charge in [-0.05, 0) is 42.8 Å². The number of carbonyl (C=O) groups is 3. The lowest BCUT2D eigenvalue weighted by molar-refractivity contribution is 0.0692. The third-order valence-electron chi connectivity index (χ3n) is 5.18. The van der Waals surface area contributed by atoms with Gasteiger partial charge in [0.15, 0.2) is 0 Å². The van der Waals surface area contributed by atoms with Crippen molar-refractivity contribution < 1.29 is 14.4 Å². The number of nitrogens with one attached hydrogen (secondary N) is 1. The fourth-order valence-electron chi connectivity index (χ4n) is 3.62. The maximum atomic E-state index is 13.2. The van der Waals surface area contributed by atoms with Crippen LogP contribution in [0.4, 0.5) is 0 Å². The minimum atomic E-state index is -0.436. The molecule has 4 rings (SSSR count). The van der Waals surface area contributed by atoms with Crippen LogP contribution in [0.25, 0.3) is 10.9 Å². The predicted molar refractivity (Wildman–Crippen MR) is 115 cm³/mol. The van der Waals surface area contributed by atoms with Crippen molar-refractivity contribution in [3.8, 4) is 0 Å². The maximum Gasteiger partial charge on any atom is 0.261 e. The molecule has 0 spiro atoms. The normalized spacial score (nSPS) is 13.1. The highest BCUT2D eigenvalue weighted by atomic mass is 35.5. The molecule has 158 valence electrons. The van der Waals surface area contributed by atoms with E-state index in [0.717, 1.165) is 4.90 Å². The average molecular weight is 439 g/mol. The standard InChI is InChI=1S/C22H19ClN4O4/c1-3-8-27(11-18-24-17-10-13(23)5-7-15(17)19(28)25-18)20(29)12-4-6-14-16(9-12)22(31)26(2)21(14)30/h4-7,9-10H,3,8,11H2,1-2H3,(H,24,25,28). The number of hydrogen-bond donors (Lipinski definition) is 1. The second-order valence-corrected chi connectivity index (χ2v) is 7.77. The summed E-state index contributed by atoms with van der Waals surface area (Å²) in [4.78, 5) is 59.7. The van der Waals surface area contributed by atoms with Gasteiger partial charge < -0.3 is 9.88 Å². The quantitative estimate of drug-likeness (QED) is 0.617. The molecule has 8 nitrogen and oxygen atoms in total. The average Bonchev–Trinajstić information content (AvgIpc) is 2.96. The molecule has 9 heteroatoms. The molecule has 0 saturated carbocycles. The van der Waals surface area contributed by atoms with Crippen LogP contribution in [-0.4, -0.2) is 51.1 Å². The summed E-state index contributed by atoms with van der Waals surface area (Å²) in [6.45, 7) is 2.42. The summed E-state index contributed by atoms with van der Waals surface area (Å²) in [5.74, 6) is -0.822. The number of H-pyrrole nitrogens is 1. The third-order valence-corrected chi connectivity index (χ3v) is 5.41. The van der Waals surface area contributed by atoms with E-state index in [9.17, 15) is 19.2 Å². The molecule has 31 heavy (non-hydrogen) atoms. The summed E-state index contributed by atoms with van der Waals surface area (Å²) < 4.78 is 0. The number of rotatable bonds is 5. The van der Waals surface area contributed by atoms with E-state index in [-0.39, 0.29) is 40.6 Å². The van der Waals surface area contributed by atoms with Crippen LogP contribution < -0.4 is 5.56 Å². The van der Waals surface area contributed by atoms with Gasteiger partial charge in [0.25, 0.3) is 23.3 Å². The van der Waals surface area contributed by atoms with Crippen molar-refractivity contribution in [1.29, 1.82) is 0 Å². The largest absolute Gasteiger partial charge is 0.331 e. The Balaban J connectivity index is 1.66. The van der Waals surface area contributed by atoms with Crippen LogP contribution in [0.5, 0.6) is 0 Å². The molecule has 0 radical (unpaired) electrons. The Bertz CT molecular complexity index is 1300. The van der Waals surface area contributed by atoms with Crippen molar-refractivity contribution in [2.24, 2.45) is 0 Å². The Kier molecular flexibility index (Phi) is 5.32. The number of nitrogens with zero attached hydrogens (tertiary/aromatic N) is 3. The minimum Gasteiger partial charge on any atom is -0.331 e. The van der Waals surface area contributed by atoms with E-state index >= 15 is 0 Å². The monoisotopic (exact) mass is 438 g/mol. The van der Waals surface area contributed by atoms with Crippen molar-refractivity contribution in [2.45, 2.75) is 19.9 Å². The van der Waals surface area contributed by atoms with Gasteiger partial charge in [0, 0.05) is 24.2 Å². The summed E-state index contributed by atoms with van der Waals surface area (Å²) in [7, 11) is 1.41. The van der Waals surface area contributed by atoms with Gasteiger partial charge in [0.2, 0.25) is 0 Å². The Morgan fingerprint density at radius 3 is 2.58 bits per heavy atom. The highest BCUT2D eigenvalue weighted by Crippen LogP contribution is 2.24. The Hall–Kier alpha value is -3.52. The van der Waals surface area contributed by atoms with E-state index in [4.69, 9.17) is 11.6 Å². The summed E-state index contributed by atoms with van der Waals surface area (Å²) in [5.41, 5.74) is 0.907. The van der Waals surface area contributed by atoms with E-state index in [1.807, 2.05) is 6.92 Å². The van der Waals surface area contributed by atoms with Crippen LogP contribution in [0.2, 0.25) is 5.02 Å². The van der Waals surface area contributed by atoms with Gasteiger partial charge in [0.1, 0.15) is 5.82 Å². The predicted octanol–water partition coefficient (Wildman–Crippen LogP) is 2.85. The van der Waals surface area contributed by atoms with Crippen LogP contribution in [-0.2, 0) is 6.54 Å². The van der Waals surface area contributed by atoms with Gasteiger partial charge in [-0.25, -0.2) is 4.98 Å². The molecular formula is C22H19ClN4O4. The van der Waals surface area contributed by atoms with E-state index in [1.165, 1.54) is 25.2 Å². The Morgan fingerprint density at radius 2 is 1.84 bits per heavy atom. The zero-order chi connectivity index (χ0) is 22.3. The van der Waals surface area contributed by atoms with Crippen molar-refractivity contribution in [3.05, 3.63) is 74.3 Å². The molecule has 0 bridgehead atoms. The van der Waals surface area contributed by atoms with E-state index in [0.29, 0.717) is 34.7 Å². The molecule has 0 aliphatic carbocycles. The highest BCUT2D eigenvalue weighted by molar-refractivity contribution is 6.31. The van der Waals surface area contributed by atoms with Crippen LogP contribution in [0.15, 0.2) is 41.2 Å². The number of carbonyl (C=O) groups excluding carboxylic acids is 3. The number of hydrogen-bond acceptors (Lipinski definition) is 5. The number of aromatic nitrogens is 2. The smallest absolute Gasteiger partial charge is 0.261 e. The number of aromatic amines is 1. The lowest BCUT2D eigenvalue weighted by atomic mass is 10.0. The zero-order valence-electron chi connectivity index (χ0n) is 16.9. The zero-order valence-corrected chi connectivity index (χ0v) is 17.7. The van der Waals surface area contributed by atoms with E-state index < -0.39 is 5.91 Å². The molecule has 1 aromatic heterocycles. The molecule has 1 aliphatic heterocycles. The van der Waals surface area contributed by atoms with Crippen molar-refractivity contribution in [2.75, 3.05) is 13.6 Å². The van der Waals surface area contributed by atoms with Crippen molar-refractivity contribution >= 4 is 40.2 Å². The first kappa shape index (κ1) is 20.7. The molecule has 3 aromatic rings. The Morgan fingerprint density at radius 1 is 1.10 bits per heavy atom.